The normalized spacial score (nSPS) is 21.4. The number of rotatable bonds is 9. The summed E-state index contributed by atoms with van der Waals surface area (Å²) in [6, 6.07) is 59.1. The van der Waals surface area contributed by atoms with Crippen molar-refractivity contribution in [3.8, 4) is 51.7 Å². The monoisotopic (exact) mass is 1770 g/mol. The standard InChI is InChI=1S/2C14H18O.2C14H20O.C13H17FO.3C13H18O.C12H16O/c1-9(2)10-4-5-13-11(6-10)7-12-8-14(12,3)15-13;1-10(2)11-3-4-12-13(9-11)15-8-7-14(12)5-6-14;1-10(2)11-5-6-13-12(9-11)7-8-14(3,4)15-13;1-10(2)12-6-5-11-7-8-14(3,4)15-13(11)9-12;1-9(2)10-4-5-11-12(8-10)15-7-6-13(11,3)14;1-9(2)11-4-5-12-10(3)6-7-14-13(12)8-11;1-9(2)11-6-7-13-12(8-11)5-4-10(3)14-13;1-9(2)12-7-6-11-5-4-10(3)14-13(11)8-12;1-9(2)10-5-6-12-11(8-10)4-3-7-13-12/h4-6,9,12H,7-8H2,1-3H3;3-4,9-10H,5-8H2,1-2H3;2*5-6,9-10H,7-8H2,1-4H3;4-5,8-9H,6-7H2,1-3H3;4-5,8-10H,6-7H2,1-3H3;2*6-10H,4-5H2,1-3H3;5-6,8-9H,3-4,7H2,1-2H3. The molecule has 9 aliphatic heterocycles. The number of benzene rings is 9. The Labute approximate surface area is 785 Å². The van der Waals surface area contributed by atoms with Crippen LogP contribution in [0.15, 0.2) is 164 Å². The Bertz CT molecular complexity index is 5140. The van der Waals surface area contributed by atoms with Crippen molar-refractivity contribution in [2.24, 2.45) is 5.92 Å². The minimum Gasteiger partial charge on any atom is -0.493 e. The lowest BCUT2D eigenvalue weighted by atomic mass is 9.88. The van der Waals surface area contributed by atoms with E-state index in [1.807, 2.05) is 18.2 Å². The second kappa shape index (κ2) is 43.4. The third kappa shape index (κ3) is 26.6. The van der Waals surface area contributed by atoms with Gasteiger partial charge in [-0.3, -0.25) is 0 Å². The topological polar surface area (TPSA) is 83.1 Å². The van der Waals surface area contributed by atoms with E-state index < -0.39 is 5.67 Å². The van der Waals surface area contributed by atoms with Crippen molar-refractivity contribution in [1.29, 1.82) is 0 Å². The molecule has 6 atom stereocenters. The molecule has 130 heavy (non-hydrogen) atoms. The maximum atomic E-state index is 14.1. The summed E-state index contributed by atoms with van der Waals surface area (Å²) in [7, 11) is 0. The summed E-state index contributed by atoms with van der Waals surface area (Å²) >= 11 is 0. The summed E-state index contributed by atoms with van der Waals surface area (Å²) in [5, 5.41) is 0. The molecule has 9 aromatic carbocycles. The van der Waals surface area contributed by atoms with Gasteiger partial charge in [-0.1, -0.05) is 241 Å². The highest BCUT2D eigenvalue weighted by molar-refractivity contribution is 5.51. The van der Waals surface area contributed by atoms with Gasteiger partial charge in [0.2, 0.25) is 0 Å². The molecule has 0 radical (unpaired) electrons. The number of fused-ring (bicyclic) bond motifs is 11. The van der Waals surface area contributed by atoms with Crippen LogP contribution >= 0.6 is 0 Å². The van der Waals surface area contributed by atoms with Crippen molar-refractivity contribution in [1.82, 2.24) is 0 Å². The van der Waals surface area contributed by atoms with Gasteiger partial charge in [0.1, 0.15) is 74.2 Å². The van der Waals surface area contributed by atoms with E-state index in [1.54, 1.807) is 6.92 Å². The summed E-state index contributed by atoms with van der Waals surface area (Å²) in [6.07, 6.45) is 20.2. The molecule has 0 saturated heterocycles. The predicted octanol–water partition coefficient (Wildman–Crippen LogP) is 32.6. The Hall–Kier alpha value is -8.89. The Morgan fingerprint density at radius 1 is 0.292 bits per heavy atom. The second-order valence-electron chi connectivity index (χ2n) is 43.7. The maximum absolute atomic E-state index is 14.1. The van der Waals surface area contributed by atoms with Gasteiger partial charge in [-0.25, -0.2) is 4.39 Å². The second-order valence-corrected chi connectivity index (χ2v) is 43.7. The fraction of sp³-hybridized carbons (Fsp3) is 0.550. The molecule has 2 aliphatic carbocycles. The third-order valence-corrected chi connectivity index (χ3v) is 28.6. The molecule has 6 unspecified atom stereocenters. The minimum absolute atomic E-state index is 0.00258. The maximum Gasteiger partial charge on any atom is 0.140 e. The molecule has 9 heterocycles. The van der Waals surface area contributed by atoms with Gasteiger partial charge in [0.05, 0.1) is 38.6 Å². The Morgan fingerprint density at radius 2 is 0.662 bits per heavy atom. The molecule has 20 rings (SSSR count). The van der Waals surface area contributed by atoms with Crippen LogP contribution in [0.2, 0.25) is 0 Å². The van der Waals surface area contributed by atoms with Crippen LogP contribution in [0.3, 0.4) is 0 Å². The van der Waals surface area contributed by atoms with Crippen molar-refractivity contribution in [2.45, 2.75) is 395 Å². The van der Waals surface area contributed by atoms with E-state index in [4.69, 9.17) is 42.6 Å². The zero-order valence-corrected chi connectivity index (χ0v) is 85.0. The summed E-state index contributed by atoms with van der Waals surface area (Å²) < 4.78 is 66.2. The molecule has 0 bridgehead atoms. The number of ether oxygens (including phenoxy) is 9. The summed E-state index contributed by atoms with van der Waals surface area (Å²) in [5.74, 6) is 16.2. The van der Waals surface area contributed by atoms with Gasteiger partial charge in [-0.2, -0.15) is 0 Å². The molecule has 2 saturated carbocycles. The molecule has 10 heteroatoms. The van der Waals surface area contributed by atoms with Gasteiger partial charge in [-0.05, 0) is 361 Å². The fourth-order valence-electron chi connectivity index (χ4n) is 18.7. The molecule has 11 aliphatic rings. The van der Waals surface area contributed by atoms with Gasteiger partial charge < -0.3 is 42.6 Å². The Morgan fingerprint density at radius 3 is 1.19 bits per heavy atom. The molecule has 2 fully saturated rings. The van der Waals surface area contributed by atoms with Crippen molar-refractivity contribution in [3.05, 3.63) is 264 Å². The van der Waals surface area contributed by atoms with Crippen LogP contribution < -0.4 is 42.6 Å². The first kappa shape index (κ1) is 100. The van der Waals surface area contributed by atoms with Gasteiger partial charge >= 0.3 is 0 Å². The average molecular weight is 1770 g/mol. The summed E-state index contributed by atoms with van der Waals surface area (Å²) in [5.41, 5.74) is 23.7. The highest BCUT2D eigenvalue weighted by atomic mass is 19.1. The molecule has 704 valence electrons. The van der Waals surface area contributed by atoms with Crippen LogP contribution in [0.25, 0.3) is 0 Å². The first-order valence-electron chi connectivity index (χ1n) is 50.3. The lowest BCUT2D eigenvalue weighted by Gasteiger charge is -2.33. The van der Waals surface area contributed by atoms with Crippen molar-refractivity contribution in [2.75, 3.05) is 26.4 Å². The van der Waals surface area contributed by atoms with E-state index in [1.165, 1.54) is 133 Å². The van der Waals surface area contributed by atoms with Gasteiger partial charge in [-0.15, -0.1) is 0 Å². The average Bonchev–Trinajstić information content (AvgIpc) is 1.25. The molecule has 0 aromatic heterocycles. The zero-order chi connectivity index (χ0) is 93.9. The van der Waals surface area contributed by atoms with Crippen molar-refractivity contribution < 1.29 is 47.0 Å². The predicted molar refractivity (Wildman–Crippen MR) is 540 cm³/mol. The highest BCUT2D eigenvalue weighted by Crippen LogP contribution is 2.57. The van der Waals surface area contributed by atoms with E-state index in [0.29, 0.717) is 95.4 Å². The number of aryl methyl sites for hydroxylation is 5. The number of alkyl halides is 1. The molecular weight excluding hydrogens is 1600 g/mol. The molecular formula is C120H163FO9. The van der Waals surface area contributed by atoms with Crippen LogP contribution in [-0.4, -0.2) is 55.4 Å². The van der Waals surface area contributed by atoms with Crippen LogP contribution in [0, 0.1) is 5.92 Å². The molecule has 0 N–H and O–H groups in total. The summed E-state index contributed by atoms with van der Waals surface area (Å²) in [6.45, 7) is 62.1. The zero-order valence-electron chi connectivity index (χ0n) is 85.0. The SMILES string of the molecule is CC(C)c1ccc2c(c1)CC1CC1(C)O2.CC(C)c1ccc2c(c1)CCC(C)(C)O2.CC(C)c1ccc2c(c1)CCCO2.CC(C)c1ccc2c(c1)OC(C)(C)CC2.CC(C)c1ccc2c(c1)OCCC2(C)F.CC(C)c1ccc2c(c1)OCCC21CC1.CC(C)c1ccc2c(c1)OCCC2C.CC1CCc2cc(C(C)C)ccc2O1.CC1CCc2ccc(C(C)C)cc2O1. The van der Waals surface area contributed by atoms with Crippen LogP contribution in [-0.2, 0) is 49.6 Å². The van der Waals surface area contributed by atoms with Crippen molar-refractivity contribution in [3.63, 3.8) is 0 Å². The molecule has 9 aromatic rings. The molecule has 1 spiro atoms. The molecule has 9 nitrogen and oxygen atoms in total. The third-order valence-electron chi connectivity index (χ3n) is 28.6. The van der Waals surface area contributed by atoms with Gasteiger partial charge in [0, 0.05) is 28.9 Å². The smallest absolute Gasteiger partial charge is 0.140 e. The van der Waals surface area contributed by atoms with E-state index in [-0.39, 0.29) is 16.8 Å². The minimum atomic E-state index is -1.23. The van der Waals surface area contributed by atoms with Crippen molar-refractivity contribution >= 4 is 0 Å². The highest BCUT2D eigenvalue weighted by Gasteiger charge is 2.55. The van der Waals surface area contributed by atoms with Gasteiger partial charge in [0.25, 0.3) is 0 Å². The van der Waals surface area contributed by atoms with E-state index in [9.17, 15) is 4.39 Å². The van der Waals surface area contributed by atoms with Crippen LogP contribution in [0.4, 0.5) is 4.39 Å². The number of hydrogen-bond donors (Lipinski definition) is 0. The Balaban J connectivity index is 0.000000132. The Kier molecular flexibility index (Phi) is 33.4. The lowest BCUT2D eigenvalue weighted by molar-refractivity contribution is 0.0842. The van der Waals surface area contributed by atoms with E-state index >= 15 is 0 Å². The molecule has 0 amide bonds. The van der Waals surface area contributed by atoms with E-state index in [2.05, 4.69) is 326 Å². The largest absolute Gasteiger partial charge is 0.493 e. The van der Waals surface area contributed by atoms with Crippen LogP contribution in [0.1, 0.15) is 417 Å². The fourth-order valence-corrected chi connectivity index (χ4v) is 18.7. The number of halogens is 1. The first-order valence-corrected chi connectivity index (χ1v) is 50.3. The first-order chi connectivity index (χ1) is 61.5. The van der Waals surface area contributed by atoms with E-state index in [0.717, 1.165) is 142 Å². The van der Waals surface area contributed by atoms with Gasteiger partial charge in [0.15, 0.2) is 0 Å². The quantitative estimate of drug-likeness (QED) is 0.140. The lowest BCUT2D eigenvalue weighted by Crippen LogP contribution is -2.32. The van der Waals surface area contributed by atoms with Crippen LogP contribution in [0.5, 0.6) is 51.7 Å². The summed E-state index contributed by atoms with van der Waals surface area (Å²) in [4.78, 5) is 0. The number of hydrogen-bond acceptors (Lipinski definition) is 9.